The van der Waals surface area contributed by atoms with Gasteiger partial charge >= 0.3 is 0 Å². The Labute approximate surface area is 55.1 Å². The van der Waals surface area contributed by atoms with Gasteiger partial charge in [-0.15, -0.1) is 0 Å². The number of aromatic nitrogens is 1. The van der Waals surface area contributed by atoms with E-state index in [9.17, 15) is 0 Å². The normalized spacial score (nSPS) is 10.7. The van der Waals surface area contributed by atoms with E-state index in [1.807, 2.05) is 13.1 Å². The van der Waals surface area contributed by atoms with Gasteiger partial charge in [0.2, 0.25) is 5.69 Å². The first-order valence-corrected chi connectivity index (χ1v) is 3.15. The third-order valence-corrected chi connectivity index (χ3v) is 1.41. The lowest BCUT2D eigenvalue weighted by molar-refractivity contribution is -0.851. The summed E-state index contributed by atoms with van der Waals surface area (Å²) in [5, 5.41) is 0. The molecule has 2 nitrogen and oxygen atoms in total. The van der Waals surface area contributed by atoms with Gasteiger partial charge in [-0.3, -0.25) is 0 Å². The average Bonchev–Trinajstić information content (AvgIpc) is 2.13. The summed E-state index contributed by atoms with van der Waals surface area (Å²) in [7, 11) is 1.91. The Morgan fingerprint density at radius 3 is 2.44 bits per heavy atom. The van der Waals surface area contributed by atoms with Crippen molar-refractivity contribution in [3.63, 3.8) is 0 Å². The van der Waals surface area contributed by atoms with Crippen molar-refractivity contribution in [3.8, 4) is 0 Å². The Bertz CT molecular complexity index is 191. The number of rotatable bonds is 1. The molecule has 0 spiro atoms. The minimum atomic E-state index is 0.550. The Balaban J connectivity index is 2.94. The minimum absolute atomic E-state index is 0.550. The fraction of sp³-hybridized carbons (Fsp3) is 0.571. The van der Waals surface area contributed by atoms with Crippen LogP contribution in [0.3, 0.4) is 0 Å². The largest absolute Gasteiger partial charge is 0.245 e. The quantitative estimate of drug-likeness (QED) is 0.517. The van der Waals surface area contributed by atoms with E-state index in [-0.39, 0.29) is 0 Å². The summed E-state index contributed by atoms with van der Waals surface area (Å²) in [5.41, 5.74) is 1.23. The van der Waals surface area contributed by atoms with Crippen LogP contribution in [0.25, 0.3) is 0 Å². The number of hydrogen-bond donors (Lipinski definition) is 0. The summed E-state index contributed by atoms with van der Waals surface area (Å²) in [6.07, 6.45) is 1.70. The zero-order chi connectivity index (χ0) is 6.85. The molecular weight excluding hydrogens is 114 g/mol. The zero-order valence-electron chi connectivity index (χ0n) is 6.09. The molecule has 0 atom stereocenters. The van der Waals surface area contributed by atoms with Crippen molar-refractivity contribution in [3.05, 3.63) is 18.0 Å². The van der Waals surface area contributed by atoms with Crippen LogP contribution >= 0.6 is 0 Å². The molecule has 9 heavy (non-hydrogen) atoms. The lowest BCUT2D eigenvalue weighted by Gasteiger charge is -1.91. The molecule has 0 unspecified atom stereocenters. The molecule has 0 saturated heterocycles. The molecule has 0 saturated carbocycles. The van der Waals surface area contributed by atoms with Crippen LogP contribution in [0.15, 0.2) is 16.9 Å². The van der Waals surface area contributed by atoms with Gasteiger partial charge in [-0.05, 0) is 4.74 Å². The second-order valence-electron chi connectivity index (χ2n) is 2.49. The molecule has 50 valence electrons. The van der Waals surface area contributed by atoms with Crippen LogP contribution in [0.1, 0.15) is 25.5 Å². The lowest BCUT2D eigenvalue weighted by atomic mass is 10.1. The van der Waals surface area contributed by atoms with Crippen molar-refractivity contribution in [2.24, 2.45) is 7.05 Å². The summed E-state index contributed by atoms with van der Waals surface area (Å²) in [4.78, 5) is 0. The van der Waals surface area contributed by atoms with Gasteiger partial charge in [0, 0.05) is 5.92 Å². The Morgan fingerprint density at radius 1 is 1.56 bits per heavy atom. The summed E-state index contributed by atoms with van der Waals surface area (Å²) >= 11 is 0. The van der Waals surface area contributed by atoms with E-state index >= 15 is 0 Å². The number of nitrogens with zero attached hydrogens (tertiary/aromatic N) is 1. The predicted octanol–water partition coefficient (Wildman–Crippen LogP) is 1.23. The fourth-order valence-electron chi connectivity index (χ4n) is 0.913. The van der Waals surface area contributed by atoms with E-state index in [2.05, 4.69) is 13.8 Å². The van der Waals surface area contributed by atoms with Gasteiger partial charge in [0.15, 0.2) is 13.3 Å². The summed E-state index contributed by atoms with van der Waals surface area (Å²) in [5.74, 6) is 0.550. The van der Waals surface area contributed by atoms with Gasteiger partial charge in [-0.25, -0.2) is 4.52 Å². The number of hydrogen-bond acceptors (Lipinski definition) is 1. The Hall–Kier alpha value is -0.790. The molecule has 1 aromatic rings. The van der Waals surface area contributed by atoms with Crippen LogP contribution in [0.5, 0.6) is 0 Å². The van der Waals surface area contributed by atoms with Crippen molar-refractivity contribution >= 4 is 0 Å². The monoisotopic (exact) mass is 126 g/mol. The van der Waals surface area contributed by atoms with Crippen LogP contribution in [-0.4, -0.2) is 0 Å². The molecule has 0 fully saturated rings. The smallest absolute Gasteiger partial charge is 0.233 e. The van der Waals surface area contributed by atoms with Crippen molar-refractivity contribution in [1.29, 1.82) is 0 Å². The Morgan fingerprint density at radius 2 is 2.22 bits per heavy atom. The van der Waals surface area contributed by atoms with Crippen LogP contribution in [0.4, 0.5) is 0 Å². The maximum atomic E-state index is 5.04. The second kappa shape index (κ2) is 2.21. The molecule has 1 rings (SSSR count). The van der Waals surface area contributed by atoms with Crippen LogP contribution < -0.4 is 4.74 Å². The molecule has 0 aliphatic heterocycles. The average molecular weight is 126 g/mol. The SMILES string of the molecule is CC(C)c1cco[n+]1C. The van der Waals surface area contributed by atoms with Gasteiger partial charge < -0.3 is 0 Å². The summed E-state index contributed by atoms with van der Waals surface area (Å²) in [6.45, 7) is 4.29. The molecule has 1 heterocycles. The van der Waals surface area contributed by atoms with Crippen LogP contribution in [0, 0.1) is 0 Å². The maximum absolute atomic E-state index is 5.04. The minimum Gasteiger partial charge on any atom is -0.245 e. The first-order valence-electron chi connectivity index (χ1n) is 3.15. The van der Waals surface area contributed by atoms with Crippen molar-refractivity contribution in [1.82, 2.24) is 0 Å². The van der Waals surface area contributed by atoms with Crippen molar-refractivity contribution in [2.75, 3.05) is 0 Å². The van der Waals surface area contributed by atoms with E-state index in [1.165, 1.54) is 5.69 Å². The molecule has 1 aromatic heterocycles. The van der Waals surface area contributed by atoms with Gasteiger partial charge in [-0.2, -0.15) is 0 Å². The second-order valence-corrected chi connectivity index (χ2v) is 2.49. The summed E-state index contributed by atoms with van der Waals surface area (Å²) in [6, 6.07) is 1.99. The molecule has 0 aliphatic rings. The molecule has 0 N–H and O–H groups in total. The fourth-order valence-corrected chi connectivity index (χ4v) is 0.913. The molecule has 0 amide bonds. The van der Waals surface area contributed by atoms with Crippen LogP contribution in [-0.2, 0) is 7.05 Å². The molecule has 2 heteroatoms. The van der Waals surface area contributed by atoms with E-state index in [4.69, 9.17) is 4.52 Å². The van der Waals surface area contributed by atoms with E-state index < -0.39 is 0 Å². The molecule has 0 radical (unpaired) electrons. The third kappa shape index (κ3) is 1.12. The Kier molecular flexibility index (Phi) is 1.56. The predicted molar refractivity (Wildman–Crippen MR) is 34.0 cm³/mol. The highest BCUT2D eigenvalue weighted by Gasteiger charge is 2.12. The molecule has 0 aliphatic carbocycles. The molecular formula is C7H12NO+. The number of aryl methyl sites for hydroxylation is 1. The zero-order valence-corrected chi connectivity index (χ0v) is 6.09. The molecule has 0 aromatic carbocycles. The maximum Gasteiger partial charge on any atom is 0.233 e. The van der Waals surface area contributed by atoms with E-state index in [1.54, 1.807) is 11.0 Å². The topological polar surface area (TPSA) is 17.0 Å². The lowest BCUT2D eigenvalue weighted by Crippen LogP contribution is -2.30. The standard InChI is InChI=1S/C7H12NO/c1-6(2)7-4-5-9-8(7)3/h4-6H,1-3H3/q+1. The van der Waals surface area contributed by atoms with Gasteiger partial charge in [-0.1, -0.05) is 13.8 Å². The van der Waals surface area contributed by atoms with E-state index in [0.717, 1.165) is 0 Å². The highest BCUT2D eigenvalue weighted by molar-refractivity contribution is 4.94. The summed E-state index contributed by atoms with van der Waals surface area (Å²) < 4.78 is 6.82. The van der Waals surface area contributed by atoms with Crippen molar-refractivity contribution < 1.29 is 9.26 Å². The first-order chi connectivity index (χ1) is 4.22. The third-order valence-electron chi connectivity index (χ3n) is 1.41. The highest BCUT2D eigenvalue weighted by atomic mass is 16.5. The van der Waals surface area contributed by atoms with E-state index in [0.29, 0.717) is 5.92 Å². The van der Waals surface area contributed by atoms with Gasteiger partial charge in [0.25, 0.3) is 0 Å². The highest BCUT2D eigenvalue weighted by Crippen LogP contribution is 2.07. The van der Waals surface area contributed by atoms with Gasteiger partial charge in [0.05, 0.1) is 6.07 Å². The van der Waals surface area contributed by atoms with Crippen molar-refractivity contribution in [2.45, 2.75) is 19.8 Å². The first kappa shape index (κ1) is 6.33. The van der Waals surface area contributed by atoms with Gasteiger partial charge in [0.1, 0.15) is 0 Å². The molecule has 0 bridgehead atoms. The van der Waals surface area contributed by atoms with Crippen LogP contribution in [0.2, 0.25) is 0 Å².